The third kappa shape index (κ3) is 1.99. The zero-order chi connectivity index (χ0) is 16.1. The van der Waals surface area contributed by atoms with E-state index < -0.39 is 11.2 Å². The predicted octanol–water partition coefficient (Wildman–Crippen LogP) is 2.79. The molecule has 1 amide bonds. The molecule has 1 N–H and O–H groups in total. The summed E-state index contributed by atoms with van der Waals surface area (Å²) in [5.74, 6) is -0.209. The fraction of sp³-hybridized carbons (Fsp3) is 0.611. The van der Waals surface area contributed by atoms with E-state index in [1.54, 1.807) is 0 Å². The van der Waals surface area contributed by atoms with Crippen LogP contribution in [0.4, 0.5) is 0 Å². The van der Waals surface area contributed by atoms with Gasteiger partial charge < -0.3 is 14.8 Å². The predicted molar refractivity (Wildman–Crippen MR) is 95.5 cm³/mol. The molecule has 3 aliphatic rings. The fourth-order valence-electron chi connectivity index (χ4n) is 4.85. The molecule has 1 spiro atoms. The molecule has 1 aliphatic carbocycles. The van der Waals surface area contributed by atoms with Gasteiger partial charge in [-0.05, 0) is 18.4 Å². The first-order valence-corrected chi connectivity index (χ1v) is 9.44. The lowest BCUT2D eigenvalue weighted by Crippen LogP contribution is -2.71. The average molecular weight is 427 g/mol. The van der Waals surface area contributed by atoms with Crippen molar-refractivity contribution < 1.29 is 14.3 Å². The molecule has 5 heteroatoms. The van der Waals surface area contributed by atoms with Crippen LogP contribution in [-0.4, -0.2) is 34.9 Å². The minimum Gasteiger partial charge on any atom is -0.355 e. The molecular formula is C18H22INO3. The van der Waals surface area contributed by atoms with Crippen LogP contribution in [0, 0.1) is 5.92 Å². The number of piperidine rings is 1. The Kier molecular flexibility index (Phi) is 3.74. The maximum absolute atomic E-state index is 13.1. The summed E-state index contributed by atoms with van der Waals surface area (Å²) in [5.41, 5.74) is 0.610. The van der Waals surface area contributed by atoms with Gasteiger partial charge in [0.15, 0.2) is 5.79 Å². The normalized spacial score (nSPS) is 39.0. The highest BCUT2D eigenvalue weighted by molar-refractivity contribution is 14.1. The van der Waals surface area contributed by atoms with E-state index in [0.29, 0.717) is 13.2 Å². The molecule has 0 bridgehead atoms. The molecule has 0 aromatic heterocycles. The molecule has 0 radical (unpaired) electrons. The fourth-order valence-corrected chi connectivity index (χ4v) is 6.42. The Morgan fingerprint density at radius 3 is 2.52 bits per heavy atom. The second-order valence-corrected chi connectivity index (χ2v) is 8.80. The Morgan fingerprint density at radius 1 is 1.13 bits per heavy atom. The maximum atomic E-state index is 13.1. The first kappa shape index (κ1) is 15.8. The molecule has 1 saturated carbocycles. The number of hydrogen-bond donors (Lipinski definition) is 1. The van der Waals surface area contributed by atoms with E-state index in [-0.39, 0.29) is 15.2 Å². The van der Waals surface area contributed by atoms with Crippen LogP contribution in [0.1, 0.15) is 31.7 Å². The van der Waals surface area contributed by atoms with E-state index in [1.807, 2.05) is 18.2 Å². The molecule has 3 atom stereocenters. The van der Waals surface area contributed by atoms with Crippen LogP contribution in [0.15, 0.2) is 30.3 Å². The summed E-state index contributed by atoms with van der Waals surface area (Å²) in [6, 6.07) is 10.3. The van der Waals surface area contributed by atoms with Crippen LogP contribution < -0.4 is 5.32 Å². The molecular weight excluding hydrogens is 405 g/mol. The van der Waals surface area contributed by atoms with Gasteiger partial charge in [-0.25, -0.2) is 0 Å². The van der Waals surface area contributed by atoms with E-state index in [1.165, 1.54) is 0 Å². The van der Waals surface area contributed by atoms with Crippen molar-refractivity contribution in [3.8, 4) is 0 Å². The van der Waals surface area contributed by atoms with Gasteiger partial charge in [-0.15, -0.1) is 0 Å². The highest BCUT2D eigenvalue weighted by Crippen LogP contribution is 2.61. The van der Waals surface area contributed by atoms with Gasteiger partial charge in [-0.3, -0.25) is 4.79 Å². The summed E-state index contributed by atoms with van der Waals surface area (Å²) in [7, 11) is 0. The molecule has 23 heavy (non-hydrogen) atoms. The lowest BCUT2D eigenvalue weighted by atomic mass is 9.54. The Hall–Kier alpha value is -0.660. The Bertz CT molecular complexity index is 616. The summed E-state index contributed by atoms with van der Waals surface area (Å²) in [6.07, 6.45) is 2.46. The van der Waals surface area contributed by atoms with Gasteiger partial charge >= 0.3 is 0 Å². The van der Waals surface area contributed by atoms with E-state index in [0.717, 1.165) is 31.4 Å². The van der Waals surface area contributed by atoms with Crippen LogP contribution in [-0.2, 0) is 19.7 Å². The lowest BCUT2D eigenvalue weighted by molar-refractivity contribution is -0.226. The van der Waals surface area contributed by atoms with E-state index in [2.05, 4.69) is 47.0 Å². The summed E-state index contributed by atoms with van der Waals surface area (Å²) < 4.78 is 11.9. The molecule has 3 fully saturated rings. The number of alkyl halides is 1. The van der Waals surface area contributed by atoms with Crippen molar-refractivity contribution in [2.24, 2.45) is 5.92 Å². The summed E-state index contributed by atoms with van der Waals surface area (Å²) in [4.78, 5) is 13.1. The van der Waals surface area contributed by atoms with Crippen molar-refractivity contribution in [1.29, 1.82) is 0 Å². The number of ether oxygens (including phenoxy) is 2. The van der Waals surface area contributed by atoms with Gasteiger partial charge in [0.25, 0.3) is 0 Å². The molecule has 4 rings (SSSR count). The number of rotatable bonds is 1. The molecule has 4 nitrogen and oxygen atoms in total. The van der Waals surface area contributed by atoms with E-state index >= 15 is 0 Å². The van der Waals surface area contributed by atoms with Crippen LogP contribution in [0.5, 0.6) is 0 Å². The van der Waals surface area contributed by atoms with Crippen molar-refractivity contribution in [3.05, 3.63) is 35.9 Å². The van der Waals surface area contributed by atoms with Crippen molar-refractivity contribution in [3.63, 3.8) is 0 Å². The molecule has 2 aliphatic heterocycles. The highest BCUT2D eigenvalue weighted by atomic mass is 127. The molecule has 1 aromatic rings. The second-order valence-electron chi connectivity index (χ2n) is 6.87. The van der Waals surface area contributed by atoms with Gasteiger partial charge in [0.05, 0.1) is 22.1 Å². The largest absolute Gasteiger partial charge is 0.355 e. The Labute approximate surface area is 150 Å². The van der Waals surface area contributed by atoms with Gasteiger partial charge in [-0.2, -0.15) is 0 Å². The standard InChI is InChI=1S/C18H22INO3/c1-13-17(19)9-10-20-15(21)16(17,14-5-3-2-4-6-14)7-8-18(13)22-11-12-23-18/h2-6,13H,7-12H2,1H3,(H,20,21)/t13-,16?,17+/m0/s1. The number of carbonyl (C=O) groups is 1. The van der Waals surface area contributed by atoms with Crippen molar-refractivity contribution in [1.82, 2.24) is 5.32 Å². The number of fused-ring (bicyclic) bond motifs is 1. The SMILES string of the molecule is C[C@@H]1C2(CCC3(c4ccccc4)C(=O)NCC[C@@]13I)OCCO2. The van der Waals surface area contributed by atoms with E-state index in [9.17, 15) is 4.79 Å². The second kappa shape index (κ2) is 5.43. The molecule has 2 saturated heterocycles. The smallest absolute Gasteiger partial charge is 0.232 e. The molecule has 1 unspecified atom stereocenters. The summed E-state index contributed by atoms with van der Waals surface area (Å²) in [5, 5.41) is 3.12. The number of carbonyl (C=O) groups excluding carboxylic acids is 1. The van der Waals surface area contributed by atoms with Crippen LogP contribution >= 0.6 is 22.6 Å². The zero-order valence-corrected chi connectivity index (χ0v) is 15.5. The maximum Gasteiger partial charge on any atom is 0.232 e. The van der Waals surface area contributed by atoms with E-state index in [4.69, 9.17) is 9.47 Å². The van der Waals surface area contributed by atoms with Gasteiger partial charge in [0, 0.05) is 18.9 Å². The van der Waals surface area contributed by atoms with Crippen molar-refractivity contribution in [2.75, 3.05) is 19.8 Å². The number of halogens is 1. The Morgan fingerprint density at radius 2 is 1.83 bits per heavy atom. The summed E-state index contributed by atoms with van der Waals surface area (Å²) in [6.45, 7) is 4.23. The van der Waals surface area contributed by atoms with Crippen LogP contribution in [0.3, 0.4) is 0 Å². The minimum absolute atomic E-state index is 0.151. The monoisotopic (exact) mass is 427 g/mol. The first-order chi connectivity index (χ1) is 11.1. The number of benzene rings is 1. The average Bonchev–Trinajstić information content (AvgIpc) is 3.04. The molecule has 2 heterocycles. The quantitative estimate of drug-likeness (QED) is 0.554. The van der Waals surface area contributed by atoms with Gasteiger partial charge in [0.1, 0.15) is 0 Å². The molecule has 1 aromatic carbocycles. The zero-order valence-electron chi connectivity index (χ0n) is 13.3. The molecule has 124 valence electrons. The Balaban J connectivity index is 1.86. The third-order valence-electron chi connectivity index (χ3n) is 6.11. The minimum atomic E-state index is -0.517. The van der Waals surface area contributed by atoms with Gasteiger partial charge in [0.2, 0.25) is 5.91 Å². The van der Waals surface area contributed by atoms with Crippen LogP contribution in [0.2, 0.25) is 0 Å². The first-order valence-electron chi connectivity index (χ1n) is 8.36. The van der Waals surface area contributed by atoms with Crippen molar-refractivity contribution >= 4 is 28.5 Å². The third-order valence-corrected chi connectivity index (χ3v) is 8.50. The van der Waals surface area contributed by atoms with Gasteiger partial charge in [-0.1, -0.05) is 59.8 Å². The number of amides is 1. The highest BCUT2D eigenvalue weighted by Gasteiger charge is 2.68. The topological polar surface area (TPSA) is 47.6 Å². The number of hydrogen-bond acceptors (Lipinski definition) is 3. The van der Waals surface area contributed by atoms with Crippen molar-refractivity contribution in [2.45, 2.75) is 40.8 Å². The summed E-state index contributed by atoms with van der Waals surface area (Å²) >= 11 is 2.54. The van der Waals surface area contributed by atoms with Crippen LogP contribution in [0.25, 0.3) is 0 Å². The number of nitrogens with one attached hydrogen (secondary N) is 1. The lowest BCUT2D eigenvalue weighted by Gasteiger charge is -2.59.